The number of carbonyl (C=O) groups is 1. The van der Waals surface area contributed by atoms with Crippen molar-refractivity contribution >= 4 is 11.7 Å². The quantitative estimate of drug-likeness (QED) is 0.266. The maximum atomic E-state index is 10.5. The van der Waals surface area contributed by atoms with Crippen LogP contribution in [0.25, 0.3) is 0 Å². The predicted molar refractivity (Wildman–Crippen MR) is 41.4 cm³/mol. The lowest BCUT2D eigenvalue weighted by atomic mass is 10.5. The summed E-state index contributed by atoms with van der Waals surface area (Å²) < 4.78 is 4.39. The van der Waals surface area contributed by atoms with Crippen LogP contribution in [0.1, 0.15) is 20.3 Å². The SMILES string of the molecule is COC(=O)CCON=C(C)C. The predicted octanol–water partition coefficient (Wildman–Crippen LogP) is 0.962. The fourth-order valence-electron chi connectivity index (χ4n) is 0.406. The van der Waals surface area contributed by atoms with E-state index in [2.05, 4.69) is 9.89 Å². The lowest BCUT2D eigenvalue weighted by Gasteiger charge is -1.97. The van der Waals surface area contributed by atoms with Crippen molar-refractivity contribution in [1.82, 2.24) is 0 Å². The van der Waals surface area contributed by atoms with Crippen LogP contribution in [0.4, 0.5) is 0 Å². The van der Waals surface area contributed by atoms with Gasteiger partial charge in [-0.25, -0.2) is 0 Å². The molecular formula is C7H13NO3. The Kier molecular flexibility index (Phi) is 5.15. The molecule has 0 unspecified atom stereocenters. The number of oxime groups is 1. The van der Waals surface area contributed by atoms with E-state index in [9.17, 15) is 4.79 Å². The van der Waals surface area contributed by atoms with Crippen LogP contribution < -0.4 is 0 Å². The molecule has 0 radical (unpaired) electrons. The number of hydrogen-bond acceptors (Lipinski definition) is 4. The molecule has 0 aliphatic heterocycles. The van der Waals surface area contributed by atoms with Gasteiger partial charge in [0.25, 0.3) is 0 Å². The van der Waals surface area contributed by atoms with E-state index in [0.717, 1.165) is 5.71 Å². The van der Waals surface area contributed by atoms with Crippen molar-refractivity contribution in [1.29, 1.82) is 0 Å². The molecule has 0 rings (SSSR count). The minimum absolute atomic E-state index is 0.243. The van der Waals surface area contributed by atoms with Gasteiger partial charge in [-0.05, 0) is 13.8 Å². The molecule has 0 amide bonds. The maximum absolute atomic E-state index is 10.5. The van der Waals surface area contributed by atoms with Gasteiger partial charge < -0.3 is 9.57 Å². The third-order valence-electron chi connectivity index (χ3n) is 0.872. The van der Waals surface area contributed by atoms with Gasteiger partial charge in [0.15, 0.2) is 0 Å². The molecule has 0 N–H and O–H groups in total. The summed E-state index contributed by atoms with van der Waals surface area (Å²) in [7, 11) is 1.34. The molecule has 64 valence electrons. The van der Waals surface area contributed by atoms with Gasteiger partial charge in [0.2, 0.25) is 0 Å². The molecule has 4 nitrogen and oxygen atoms in total. The Morgan fingerprint density at radius 3 is 2.55 bits per heavy atom. The molecule has 0 heterocycles. The molecule has 0 spiro atoms. The van der Waals surface area contributed by atoms with E-state index in [0.29, 0.717) is 0 Å². The number of carbonyl (C=O) groups excluding carboxylic acids is 1. The molecule has 11 heavy (non-hydrogen) atoms. The summed E-state index contributed by atoms with van der Waals surface area (Å²) in [5.41, 5.74) is 0.829. The van der Waals surface area contributed by atoms with Crippen LogP contribution in [0, 0.1) is 0 Å². The second-order valence-electron chi connectivity index (χ2n) is 2.20. The molecule has 0 aliphatic carbocycles. The molecule has 0 atom stereocenters. The average Bonchev–Trinajstić information content (AvgIpc) is 1.97. The Morgan fingerprint density at radius 1 is 1.45 bits per heavy atom. The number of rotatable bonds is 4. The van der Waals surface area contributed by atoms with E-state index in [1.54, 1.807) is 0 Å². The van der Waals surface area contributed by atoms with E-state index in [1.807, 2.05) is 13.8 Å². The van der Waals surface area contributed by atoms with Gasteiger partial charge in [-0.15, -0.1) is 0 Å². The van der Waals surface area contributed by atoms with Gasteiger partial charge in [-0.2, -0.15) is 0 Å². The van der Waals surface area contributed by atoms with Gasteiger partial charge in [-0.3, -0.25) is 4.79 Å². The third-order valence-corrected chi connectivity index (χ3v) is 0.872. The monoisotopic (exact) mass is 159 g/mol. The van der Waals surface area contributed by atoms with Crippen LogP contribution in [-0.2, 0) is 14.4 Å². The van der Waals surface area contributed by atoms with Crippen LogP contribution in [0.3, 0.4) is 0 Å². The first-order chi connectivity index (χ1) is 5.16. The highest BCUT2D eigenvalue weighted by Crippen LogP contribution is 1.87. The Morgan fingerprint density at radius 2 is 2.09 bits per heavy atom. The van der Waals surface area contributed by atoms with Crippen molar-refractivity contribution < 1.29 is 14.4 Å². The Bertz CT molecular complexity index is 150. The van der Waals surface area contributed by atoms with Crippen LogP contribution in [0.15, 0.2) is 5.16 Å². The average molecular weight is 159 g/mol. The number of ether oxygens (including phenoxy) is 1. The number of methoxy groups -OCH3 is 1. The zero-order chi connectivity index (χ0) is 8.69. The first kappa shape index (κ1) is 9.94. The van der Waals surface area contributed by atoms with E-state index in [-0.39, 0.29) is 19.0 Å². The number of hydrogen-bond donors (Lipinski definition) is 0. The zero-order valence-electron chi connectivity index (χ0n) is 7.09. The first-order valence-electron chi connectivity index (χ1n) is 3.36. The summed E-state index contributed by atoms with van der Waals surface area (Å²) >= 11 is 0. The van der Waals surface area contributed by atoms with Gasteiger partial charge in [0.1, 0.15) is 6.61 Å². The van der Waals surface area contributed by atoms with Crippen LogP contribution in [0.2, 0.25) is 0 Å². The second-order valence-corrected chi connectivity index (χ2v) is 2.20. The van der Waals surface area contributed by atoms with Crippen LogP contribution >= 0.6 is 0 Å². The van der Waals surface area contributed by atoms with E-state index >= 15 is 0 Å². The Hall–Kier alpha value is -1.06. The lowest BCUT2D eigenvalue weighted by molar-refractivity contribution is -0.141. The summed E-state index contributed by atoms with van der Waals surface area (Å²) in [5.74, 6) is -0.283. The molecule has 4 heteroatoms. The van der Waals surface area contributed by atoms with Gasteiger partial charge in [0.05, 0.1) is 19.2 Å². The van der Waals surface area contributed by atoms with Gasteiger partial charge in [0, 0.05) is 0 Å². The van der Waals surface area contributed by atoms with Crippen molar-refractivity contribution in [3.63, 3.8) is 0 Å². The topological polar surface area (TPSA) is 47.9 Å². The normalized spacial score (nSPS) is 8.64. The number of esters is 1. The van der Waals surface area contributed by atoms with Crippen LogP contribution in [-0.4, -0.2) is 25.4 Å². The van der Waals surface area contributed by atoms with Gasteiger partial charge in [-0.1, -0.05) is 5.16 Å². The maximum Gasteiger partial charge on any atom is 0.309 e. The largest absolute Gasteiger partial charge is 0.469 e. The Labute approximate surface area is 66.2 Å². The summed E-state index contributed by atoms with van der Waals surface area (Å²) in [6.45, 7) is 3.91. The molecular weight excluding hydrogens is 146 g/mol. The minimum Gasteiger partial charge on any atom is -0.469 e. The molecule has 0 aliphatic rings. The zero-order valence-corrected chi connectivity index (χ0v) is 7.09. The third kappa shape index (κ3) is 6.83. The van der Waals surface area contributed by atoms with Crippen molar-refractivity contribution in [3.8, 4) is 0 Å². The smallest absolute Gasteiger partial charge is 0.309 e. The number of nitrogens with zero attached hydrogens (tertiary/aromatic N) is 1. The van der Waals surface area contributed by atoms with Gasteiger partial charge >= 0.3 is 5.97 Å². The summed E-state index contributed by atoms with van der Waals surface area (Å²) in [4.78, 5) is 15.3. The molecule has 0 aromatic heterocycles. The highest BCUT2D eigenvalue weighted by atomic mass is 16.6. The fraction of sp³-hybridized carbons (Fsp3) is 0.714. The van der Waals surface area contributed by atoms with Crippen molar-refractivity contribution in [2.24, 2.45) is 5.16 Å². The van der Waals surface area contributed by atoms with E-state index in [4.69, 9.17) is 4.84 Å². The van der Waals surface area contributed by atoms with Crippen molar-refractivity contribution in [2.75, 3.05) is 13.7 Å². The summed E-state index contributed by atoms with van der Waals surface area (Å²) in [6, 6.07) is 0. The molecule has 0 aromatic carbocycles. The van der Waals surface area contributed by atoms with E-state index in [1.165, 1.54) is 7.11 Å². The molecule has 0 saturated carbocycles. The lowest BCUT2D eigenvalue weighted by Crippen LogP contribution is -2.04. The second kappa shape index (κ2) is 5.70. The molecule has 0 bridgehead atoms. The summed E-state index contributed by atoms with van der Waals surface area (Å²) in [6.07, 6.45) is 0.243. The highest BCUT2D eigenvalue weighted by Gasteiger charge is 1.98. The Balaban J connectivity index is 3.28. The van der Waals surface area contributed by atoms with Crippen LogP contribution in [0.5, 0.6) is 0 Å². The molecule has 0 saturated heterocycles. The first-order valence-corrected chi connectivity index (χ1v) is 3.36. The standard InChI is InChI=1S/C7H13NO3/c1-6(2)8-11-5-4-7(9)10-3/h4-5H2,1-3H3. The van der Waals surface area contributed by atoms with Crippen molar-refractivity contribution in [2.45, 2.75) is 20.3 Å². The van der Waals surface area contributed by atoms with Crippen molar-refractivity contribution in [3.05, 3.63) is 0 Å². The summed E-state index contributed by atoms with van der Waals surface area (Å²) in [5, 5.41) is 3.64. The van der Waals surface area contributed by atoms with E-state index < -0.39 is 0 Å². The fourth-order valence-corrected chi connectivity index (χ4v) is 0.406. The molecule has 0 aromatic rings. The molecule has 0 fully saturated rings. The minimum atomic E-state index is -0.283. The highest BCUT2D eigenvalue weighted by molar-refractivity contribution is 5.78.